The molecule has 0 atom stereocenters. The van der Waals surface area contributed by atoms with Crippen LogP contribution in [0.25, 0.3) is 0 Å². The lowest BCUT2D eigenvalue weighted by Gasteiger charge is -2.11. The predicted octanol–water partition coefficient (Wildman–Crippen LogP) is 4.29. The van der Waals surface area contributed by atoms with Crippen molar-refractivity contribution in [3.8, 4) is 5.75 Å². The van der Waals surface area contributed by atoms with Gasteiger partial charge in [0.05, 0.1) is 4.47 Å². The first kappa shape index (κ1) is 15.5. The van der Waals surface area contributed by atoms with E-state index in [0.717, 1.165) is 27.5 Å². The molecule has 2 aromatic rings. The van der Waals surface area contributed by atoms with Crippen LogP contribution in [0.5, 0.6) is 5.75 Å². The Morgan fingerprint density at radius 3 is 2.80 bits per heavy atom. The first-order valence-electron chi connectivity index (χ1n) is 6.60. The largest absolute Gasteiger partial charge is 0.485 e. The molecule has 0 bridgehead atoms. The Morgan fingerprint density at radius 2 is 2.20 bits per heavy atom. The minimum absolute atomic E-state index is 0.484. The number of nitrogens with one attached hydrogen (secondary N) is 1. The molecule has 0 spiro atoms. The summed E-state index contributed by atoms with van der Waals surface area (Å²) in [5, 5.41) is 6.44. The van der Waals surface area contributed by atoms with E-state index >= 15 is 0 Å². The highest BCUT2D eigenvalue weighted by molar-refractivity contribution is 9.10. The maximum Gasteiger partial charge on any atom is 0.140 e. The summed E-state index contributed by atoms with van der Waals surface area (Å²) < 4.78 is 6.78. The Hall–Kier alpha value is -0.910. The smallest absolute Gasteiger partial charge is 0.140 e. The van der Waals surface area contributed by atoms with Gasteiger partial charge in [0, 0.05) is 23.7 Å². The van der Waals surface area contributed by atoms with E-state index in [-0.39, 0.29) is 0 Å². The van der Waals surface area contributed by atoms with Crippen LogP contribution >= 0.6 is 27.3 Å². The van der Waals surface area contributed by atoms with E-state index < -0.39 is 0 Å². The average Bonchev–Trinajstić information content (AvgIpc) is 2.81. The minimum atomic E-state index is 0.484. The van der Waals surface area contributed by atoms with Crippen LogP contribution in [0.3, 0.4) is 0 Å². The number of hydrogen-bond acceptors (Lipinski definition) is 4. The molecule has 0 radical (unpaired) electrons. The van der Waals surface area contributed by atoms with Crippen LogP contribution < -0.4 is 10.1 Å². The van der Waals surface area contributed by atoms with Gasteiger partial charge in [0.25, 0.3) is 0 Å². The zero-order chi connectivity index (χ0) is 14.5. The summed E-state index contributed by atoms with van der Waals surface area (Å²) in [6.07, 6.45) is 0. The van der Waals surface area contributed by atoms with Crippen molar-refractivity contribution in [1.29, 1.82) is 0 Å². The van der Waals surface area contributed by atoms with Crippen molar-refractivity contribution in [2.75, 3.05) is 0 Å². The van der Waals surface area contributed by atoms with Crippen molar-refractivity contribution in [3.63, 3.8) is 0 Å². The molecule has 0 fully saturated rings. The van der Waals surface area contributed by atoms with Gasteiger partial charge in [0.1, 0.15) is 17.4 Å². The van der Waals surface area contributed by atoms with E-state index in [1.165, 1.54) is 5.56 Å². The summed E-state index contributed by atoms with van der Waals surface area (Å²) >= 11 is 5.19. The van der Waals surface area contributed by atoms with Gasteiger partial charge in [-0.1, -0.05) is 19.9 Å². The molecule has 1 aromatic carbocycles. The molecule has 0 saturated carbocycles. The van der Waals surface area contributed by atoms with Crippen molar-refractivity contribution in [2.45, 2.75) is 40.0 Å². The highest BCUT2D eigenvalue weighted by Crippen LogP contribution is 2.27. The van der Waals surface area contributed by atoms with E-state index in [1.807, 2.05) is 18.4 Å². The number of ether oxygens (including phenoxy) is 1. The second-order valence-electron chi connectivity index (χ2n) is 4.97. The summed E-state index contributed by atoms with van der Waals surface area (Å²) in [5.74, 6) is 0.853. The van der Waals surface area contributed by atoms with Crippen molar-refractivity contribution < 1.29 is 4.74 Å². The van der Waals surface area contributed by atoms with E-state index in [2.05, 4.69) is 52.2 Å². The van der Waals surface area contributed by atoms with Gasteiger partial charge in [-0.05, 0) is 40.5 Å². The Morgan fingerprint density at radius 1 is 1.40 bits per heavy atom. The summed E-state index contributed by atoms with van der Waals surface area (Å²) in [6.45, 7) is 7.65. The molecular formula is C15H19BrN2OS. The maximum absolute atomic E-state index is 5.80. The number of nitrogens with zero attached hydrogens (tertiary/aromatic N) is 1. The van der Waals surface area contributed by atoms with Gasteiger partial charge in [-0.3, -0.25) is 0 Å². The van der Waals surface area contributed by atoms with E-state index in [1.54, 1.807) is 11.3 Å². The van der Waals surface area contributed by atoms with Gasteiger partial charge >= 0.3 is 0 Å². The van der Waals surface area contributed by atoms with Crippen molar-refractivity contribution in [2.24, 2.45) is 0 Å². The summed E-state index contributed by atoms with van der Waals surface area (Å²) in [4.78, 5) is 4.39. The average molecular weight is 355 g/mol. The van der Waals surface area contributed by atoms with Crippen molar-refractivity contribution in [1.82, 2.24) is 10.3 Å². The van der Waals surface area contributed by atoms with Crippen LogP contribution in [0, 0.1) is 6.92 Å². The molecule has 1 heterocycles. The van der Waals surface area contributed by atoms with Crippen LogP contribution in [0.2, 0.25) is 0 Å². The van der Waals surface area contributed by atoms with E-state index in [9.17, 15) is 0 Å². The third-order valence-electron chi connectivity index (χ3n) is 2.73. The fraction of sp³-hybridized carbons (Fsp3) is 0.400. The Kier molecular flexibility index (Phi) is 5.57. The van der Waals surface area contributed by atoms with E-state index in [0.29, 0.717) is 12.6 Å². The van der Waals surface area contributed by atoms with Crippen molar-refractivity contribution >= 4 is 27.3 Å². The predicted molar refractivity (Wildman–Crippen MR) is 87.3 cm³/mol. The lowest BCUT2D eigenvalue weighted by molar-refractivity contribution is 0.303. The van der Waals surface area contributed by atoms with Crippen LogP contribution in [0.4, 0.5) is 0 Å². The molecule has 2 rings (SSSR count). The molecule has 1 aromatic heterocycles. The molecule has 0 aliphatic carbocycles. The second kappa shape index (κ2) is 7.20. The molecule has 0 amide bonds. The van der Waals surface area contributed by atoms with Gasteiger partial charge in [0.15, 0.2) is 0 Å². The van der Waals surface area contributed by atoms with Gasteiger partial charge < -0.3 is 10.1 Å². The maximum atomic E-state index is 5.80. The minimum Gasteiger partial charge on any atom is -0.485 e. The zero-order valence-corrected chi connectivity index (χ0v) is 14.3. The number of hydrogen-bond donors (Lipinski definition) is 1. The molecule has 0 aliphatic heterocycles. The first-order chi connectivity index (χ1) is 9.54. The highest BCUT2D eigenvalue weighted by Gasteiger charge is 2.05. The summed E-state index contributed by atoms with van der Waals surface area (Å²) in [6, 6.07) is 6.67. The molecule has 0 aliphatic rings. The monoisotopic (exact) mass is 354 g/mol. The van der Waals surface area contributed by atoms with Gasteiger partial charge in [-0.15, -0.1) is 11.3 Å². The number of halogens is 1. The molecule has 5 heteroatoms. The Labute approximate surface area is 132 Å². The topological polar surface area (TPSA) is 34.1 Å². The van der Waals surface area contributed by atoms with Crippen LogP contribution in [0.1, 0.15) is 30.1 Å². The molecule has 108 valence electrons. The van der Waals surface area contributed by atoms with Gasteiger partial charge in [-0.2, -0.15) is 0 Å². The standard InChI is InChI=1S/C15H19BrN2OS/c1-10(2)17-7-12-4-5-14(13(16)6-12)19-8-15-18-11(3)9-20-15/h4-6,9-10,17H,7-8H2,1-3H3. The molecule has 3 nitrogen and oxygen atoms in total. The molecular weight excluding hydrogens is 336 g/mol. The molecule has 1 N–H and O–H groups in total. The SMILES string of the molecule is Cc1csc(COc2ccc(CNC(C)C)cc2Br)n1. The molecule has 0 saturated heterocycles. The number of aromatic nitrogens is 1. The third-order valence-corrected chi connectivity index (χ3v) is 4.29. The molecule has 20 heavy (non-hydrogen) atoms. The van der Waals surface area contributed by atoms with Gasteiger partial charge in [-0.25, -0.2) is 4.98 Å². The van der Waals surface area contributed by atoms with Gasteiger partial charge in [0.2, 0.25) is 0 Å². The van der Waals surface area contributed by atoms with E-state index in [4.69, 9.17) is 4.74 Å². The number of aryl methyl sites for hydroxylation is 1. The van der Waals surface area contributed by atoms with Crippen LogP contribution in [-0.4, -0.2) is 11.0 Å². The van der Waals surface area contributed by atoms with Crippen LogP contribution in [0.15, 0.2) is 28.1 Å². The molecule has 0 unspecified atom stereocenters. The second-order valence-corrected chi connectivity index (χ2v) is 6.77. The number of benzene rings is 1. The third kappa shape index (κ3) is 4.58. The summed E-state index contributed by atoms with van der Waals surface area (Å²) in [5.41, 5.74) is 2.28. The van der Waals surface area contributed by atoms with Crippen LogP contribution in [-0.2, 0) is 13.2 Å². The Bertz CT molecular complexity index is 569. The highest BCUT2D eigenvalue weighted by atomic mass is 79.9. The first-order valence-corrected chi connectivity index (χ1v) is 8.27. The number of rotatable bonds is 6. The summed E-state index contributed by atoms with van der Waals surface area (Å²) in [7, 11) is 0. The normalized spacial score (nSPS) is 11.1. The fourth-order valence-corrected chi connectivity index (χ4v) is 2.93. The van der Waals surface area contributed by atoms with Crippen molar-refractivity contribution in [3.05, 3.63) is 44.3 Å². The zero-order valence-electron chi connectivity index (χ0n) is 11.9. The Balaban J connectivity index is 1.95. The number of thiazole rings is 1. The lowest BCUT2D eigenvalue weighted by atomic mass is 10.2. The lowest BCUT2D eigenvalue weighted by Crippen LogP contribution is -2.21. The fourth-order valence-electron chi connectivity index (χ4n) is 1.70. The quantitative estimate of drug-likeness (QED) is 0.839.